The Hall–Kier alpha value is -0.900. The van der Waals surface area contributed by atoms with Gasteiger partial charge in [0, 0.05) is 18.6 Å². The summed E-state index contributed by atoms with van der Waals surface area (Å²) in [5.41, 5.74) is 0. The molecule has 0 spiro atoms. The molecule has 26 heavy (non-hydrogen) atoms. The van der Waals surface area contributed by atoms with Crippen LogP contribution in [0, 0.1) is 0 Å². The normalized spacial score (nSPS) is 11.0. The van der Waals surface area contributed by atoms with Gasteiger partial charge in [0.15, 0.2) is 0 Å². The number of aliphatic carboxylic acids is 1. The Morgan fingerprint density at radius 1 is 0.885 bits per heavy atom. The van der Waals surface area contributed by atoms with E-state index in [1.54, 1.807) is 0 Å². The molecule has 0 aliphatic rings. The Morgan fingerprint density at radius 3 is 1.88 bits per heavy atom. The van der Waals surface area contributed by atoms with Gasteiger partial charge in [0.25, 0.3) is 0 Å². The largest absolute Gasteiger partial charge is 1.00 e. The van der Waals surface area contributed by atoms with Crippen molar-refractivity contribution in [2.24, 2.45) is 0 Å². The third-order valence-electron chi connectivity index (χ3n) is 3.23. The Labute approximate surface area is 178 Å². The average molecular weight is 402 g/mol. The van der Waals surface area contributed by atoms with Crippen LogP contribution in [0.15, 0.2) is 12.2 Å². The van der Waals surface area contributed by atoms with E-state index < -0.39 is 28.3 Å². The molecule has 0 saturated heterocycles. The summed E-state index contributed by atoms with van der Waals surface area (Å²) in [5.74, 6) is -3.92. The van der Waals surface area contributed by atoms with Crippen molar-refractivity contribution in [1.82, 2.24) is 0 Å². The molecule has 0 amide bonds. The van der Waals surface area contributed by atoms with Crippen molar-refractivity contribution >= 4 is 28.3 Å². The van der Waals surface area contributed by atoms with Gasteiger partial charge in [-0.15, -0.1) is 8.42 Å². The number of hydrogen-bond donors (Lipinski definition) is 1. The SMILES string of the molecule is CCCCCCCCCCCC(=O)OS(=O)(=O)OC(=O)/C=C\C(=O)O.[H-].[Na+]. The van der Waals surface area contributed by atoms with Crippen LogP contribution in [-0.2, 0) is 33.1 Å². The number of carbonyl (C=O) groups is 3. The van der Waals surface area contributed by atoms with Crippen LogP contribution in [0.4, 0.5) is 0 Å². The molecule has 0 aromatic heterocycles. The summed E-state index contributed by atoms with van der Waals surface area (Å²) in [7, 11) is -4.83. The first kappa shape index (κ1) is 27.3. The van der Waals surface area contributed by atoms with Gasteiger partial charge in [-0.3, -0.25) is 4.79 Å². The first-order valence-electron chi connectivity index (χ1n) is 8.38. The maximum atomic E-state index is 11.4. The van der Waals surface area contributed by atoms with E-state index in [0.717, 1.165) is 25.7 Å². The Balaban J connectivity index is -0.00000288. The standard InChI is InChI=1S/C16H26O8S.Na.H/c1-2-3-4-5-6-7-8-9-10-11-15(19)23-25(21,22)24-16(20)13-12-14(17)18;;/h12-13H,2-11H2,1H3,(H,17,18);;/q;+1;-1/b13-12-;;. The summed E-state index contributed by atoms with van der Waals surface area (Å²) in [6, 6.07) is 0. The summed E-state index contributed by atoms with van der Waals surface area (Å²) in [4.78, 5) is 32.6. The molecule has 8 nitrogen and oxygen atoms in total. The molecule has 0 aromatic carbocycles. The first-order chi connectivity index (χ1) is 11.8. The number of carboxylic acids is 1. The minimum atomic E-state index is -4.83. The van der Waals surface area contributed by atoms with Gasteiger partial charge in [-0.05, 0) is 6.42 Å². The molecular weight excluding hydrogens is 375 g/mol. The van der Waals surface area contributed by atoms with Crippen molar-refractivity contribution in [3.05, 3.63) is 12.2 Å². The molecule has 0 atom stereocenters. The molecule has 0 saturated carbocycles. The van der Waals surface area contributed by atoms with Gasteiger partial charge < -0.3 is 14.9 Å². The molecule has 0 unspecified atom stereocenters. The molecule has 1 N–H and O–H groups in total. The Bertz CT molecular complexity index is 563. The topological polar surface area (TPSA) is 124 Å². The number of unbranched alkanes of at least 4 members (excludes halogenated alkanes) is 8. The second-order valence-corrected chi connectivity index (χ2v) is 6.67. The van der Waals surface area contributed by atoms with Crippen LogP contribution in [0.2, 0.25) is 0 Å². The smallest absolute Gasteiger partial charge is 1.00 e. The average Bonchev–Trinajstić information content (AvgIpc) is 2.50. The van der Waals surface area contributed by atoms with Gasteiger partial charge in [0.05, 0.1) is 0 Å². The van der Waals surface area contributed by atoms with E-state index in [1.807, 2.05) is 0 Å². The monoisotopic (exact) mass is 402 g/mol. The van der Waals surface area contributed by atoms with Gasteiger partial charge >= 0.3 is 57.9 Å². The van der Waals surface area contributed by atoms with E-state index in [4.69, 9.17) is 5.11 Å². The summed E-state index contributed by atoms with van der Waals surface area (Å²) in [5, 5.41) is 8.29. The maximum absolute atomic E-state index is 11.4. The van der Waals surface area contributed by atoms with Crippen LogP contribution < -0.4 is 29.6 Å². The molecule has 0 radical (unpaired) electrons. The molecule has 0 bridgehead atoms. The van der Waals surface area contributed by atoms with Crippen molar-refractivity contribution in [3.63, 3.8) is 0 Å². The molecule has 0 rings (SSSR count). The number of carboxylic acid groups (broad SMARTS) is 1. The molecule has 0 aliphatic carbocycles. The van der Waals surface area contributed by atoms with E-state index in [0.29, 0.717) is 18.6 Å². The van der Waals surface area contributed by atoms with Crippen molar-refractivity contribution in [2.75, 3.05) is 0 Å². The van der Waals surface area contributed by atoms with E-state index >= 15 is 0 Å². The Kier molecular flexibility index (Phi) is 17.1. The van der Waals surface area contributed by atoms with Crippen LogP contribution in [0.25, 0.3) is 0 Å². The third kappa shape index (κ3) is 17.9. The van der Waals surface area contributed by atoms with Crippen molar-refractivity contribution in [3.8, 4) is 0 Å². The van der Waals surface area contributed by atoms with Crippen molar-refractivity contribution in [2.45, 2.75) is 71.1 Å². The minimum absolute atomic E-state index is 0. The second-order valence-electron chi connectivity index (χ2n) is 5.52. The number of carbonyl (C=O) groups excluding carboxylic acids is 2. The quantitative estimate of drug-likeness (QED) is 0.245. The summed E-state index contributed by atoms with van der Waals surface area (Å²) >= 11 is 0. The zero-order valence-corrected chi connectivity index (χ0v) is 18.3. The van der Waals surface area contributed by atoms with Gasteiger partial charge in [0.2, 0.25) is 0 Å². The van der Waals surface area contributed by atoms with Gasteiger partial charge in [-0.2, -0.15) is 0 Å². The summed E-state index contributed by atoms with van der Waals surface area (Å²) in [6.07, 6.45) is 10.0. The zero-order chi connectivity index (χ0) is 19.1. The van der Waals surface area contributed by atoms with Gasteiger partial charge in [-0.25, -0.2) is 9.59 Å². The van der Waals surface area contributed by atoms with Crippen LogP contribution in [0.3, 0.4) is 0 Å². The summed E-state index contributed by atoms with van der Waals surface area (Å²) in [6.45, 7) is 2.16. The fourth-order valence-electron chi connectivity index (χ4n) is 2.02. The van der Waals surface area contributed by atoms with E-state index in [1.165, 1.54) is 25.7 Å². The molecule has 10 heteroatoms. The maximum Gasteiger partial charge on any atom is 1.00 e. The molecule has 0 aromatic rings. The fourth-order valence-corrected chi connectivity index (χ4v) is 2.62. The van der Waals surface area contributed by atoms with E-state index in [-0.39, 0.29) is 37.4 Å². The molecule has 0 heterocycles. The number of rotatable bonds is 14. The zero-order valence-electron chi connectivity index (χ0n) is 16.4. The fraction of sp³-hybridized carbons (Fsp3) is 0.688. The Morgan fingerprint density at radius 2 is 1.38 bits per heavy atom. The molecule has 0 fully saturated rings. The third-order valence-corrected chi connectivity index (χ3v) is 3.98. The first-order valence-corrected chi connectivity index (χ1v) is 9.72. The minimum Gasteiger partial charge on any atom is -1.00 e. The van der Waals surface area contributed by atoms with Crippen LogP contribution in [0.5, 0.6) is 0 Å². The van der Waals surface area contributed by atoms with Crippen LogP contribution in [0.1, 0.15) is 72.6 Å². The summed E-state index contributed by atoms with van der Waals surface area (Å²) < 4.78 is 30.6. The number of hydrogen-bond acceptors (Lipinski definition) is 7. The van der Waals surface area contributed by atoms with Crippen LogP contribution >= 0.6 is 0 Å². The van der Waals surface area contributed by atoms with E-state index in [9.17, 15) is 22.8 Å². The predicted octanol–water partition coefficient (Wildman–Crippen LogP) is -0.00420. The van der Waals surface area contributed by atoms with Gasteiger partial charge in [0.1, 0.15) is 0 Å². The van der Waals surface area contributed by atoms with Crippen LogP contribution in [-0.4, -0.2) is 31.4 Å². The predicted molar refractivity (Wildman–Crippen MR) is 90.8 cm³/mol. The molecular formula is C16H27NaO8S. The van der Waals surface area contributed by atoms with Gasteiger partial charge in [-0.1, -0.05) is 58.3 Å². The van der Waals surface area contributed by atoms with E-state index in [2.05, 4.69) is 15.3 Å². The molecule has 146 valence electrons. The second kappa shape index (κ2) is 16.3. The molecule has 0 aliphatic heterocycles. The van der Waals surface area contributed by atoms with Crippen molar-refractivity contribution < 1.29 is 67.3 Å². The van der Waals surface area contributed by atoms with Crippen molar-refractivity contribution in [1.29, 1.82) is 0 Å².